The van der Waals surface area contributed by atoms with Crippen LogP contribution in [0.2, 0.25) is 0 Å². The van der Waals surface area contributed by atoms with Gasteiger partial charge in [-0.1, -0.05) is 0 Å². The van der Waals surface area contributed by atoms with Crippen LogP contribution in [0.1, 0.15) is 6.92 Å². The first-order valence-corrected chi connectivity index (χ1v) is 3.89. The van der Waals surface area contributed by atoms with Gasteiger partial charge in [0, 0.05) is 6.92 Å². The number of hydrogen-bond donors (Lipinski definition) is 4. The van der Waals surface area contributed by atoms with Crippen molar-refractivity contribution in [1.29, 1.82) is 0 Å². The normalized spacial score (nSPS) is 9.40. The van der Waals surface area contributed by atoms with Crippen molar-refractivity contribution in [2.75, 3.05) is 5.73 Å². The Balaban J connectivity index is 0.000000245. The fourth-order valence-corrected chi connectivity index (χ4v) is 0.860. The van der Waals surface area contributed by atoms with Crippen molar-refractivity contribution >= 4 is 23.1 Å². The Morgan fingerprint density at radius 2 is 2.20 bits per heavy atom. The van der Waals surface area contributed by atoms with Crippen LogP contribution < -0.4 is 11.3 Å². The molecule has 0 radical (unpaired) electrons. The van der Waals surface area contributed by atoms with Crippen molar-refractivity contribution < 1.29 is 9.90 Å². The van der Waals surface area contributed by atoms with Crippen molar-refractivity contribution in [3.8, 4) is 0 Å². The molecule has 5 N–H and O–H groups in total. The third kappa shape index (κ3) is 2.79. The number of carbonyl (C=O) groups is 1. The standard InChI is InChI=1S/C5H5N5O.C2H4O2/c6-5-9-3-2(4(11)10-5)7-1-8-3;1-2(3)4/h1H,(H4,6,7,8,9,10,11);1H3,(H,3,4). The molecule has 2 heterocycles. The summed E-state index contributed by atoms with van der Waals surface area (Å²) in [4.78, 5) is 32.5. The topological polar surface area (TPSA) is 138 Å². The molecule has 0 bridgehead atoms. The molecule has 0 saturated carbocycles. The van der Waals surface area contributed by atoms with E-state index >= 15 is 0 Å². The summed E-state index contributed by atoms with van der Waals surface area (Å²) in [6.07, 6.45) is 1.40. The lowest BCUT2D eigenvalue weighted by atomic mass is 10.5. The Bertz CT molecular complexity index is 525. The van der Waals surface area contributed by atoms with Crippen LogP contribution in [0.25, 0.3) is 11.2 Å². The van der Waals surface area contributed by atoms with Gasteiger partial charge in [-0.15, -0.1) is 0 Å². The van der Waals surface area contributed by atoms with Crippen LogP contribution >= 0.6 is 0 Å². The number of nitrogen functional groups attached to an aromatic ring is 1. The van der Waals surface area contributed by atoms with Gasteiger partial charge in [-0.25, -0.2) is 4.98 Å². The summed E-state index contributed by atoms with van der Waals surface area (Å²) >= 11 is 0. The molecule has 2 aromatic heterocycles. The van der Waals surface area contributed by atoms with Gasteiger partial charge in [0.2, 0.25) is 5.95 Å². The van der Waals surface area contributed by atoms with E-state index in [1.54, 1.807) is 0 Å². The molecule has 15 heavy (non-hydrogen) atoms. The lowest BCUT2D eigenvalue weighted by Gasteiger charge is -1.89. The molecule has 2 rings (SSSR count). The Labute approximate surface area is 83.2 Å². The summed E-state index contributed by atoms with van der Waals surface area (Å²) < 4.78 is 0. The summed E-state index contributed by atoms with van der Waals surface area (Å²) in [7, 11) is 0. The highest BCUT2D eigenvalue weighted by molar-refractivity contribution is 5.69. The number of nitrogens with one attached hydrogen (secondary N) is 2. The van der Waals surface area contributed by atoms with Crippen molar-refractivity contribution in [3.05, 3.63) is 16.7 Å². The number of nitrogens with two attached hydrogens (primary N) is 1. The van der Waals surface area contributed by atoms with Crippen LogP contribution in [0, 0.1) is 0 Å². The average Bonchev–Trinajstić information content (AvgIpc) is 2.50. The zero-order valence-electron chi connectivity index (χ0n) is 7.81. The van der Waals surface area contributed by atoms with Crippen LogP contribution in [0.4, 0.5) is 5.95 Å². The number of aliphatic carboxylic acids is 1. The number of carboxylic acids is 1. The maximum absolute atomic E-state index is 11.0. The summed E-state index contributed by atoms with van der Waals surface area (Å²) in [5, 5.41) is 7.42. The molecule has 0 atom stereocenters. The van der Waals surface area contributed by atoms with Gasteiger partial charge >= 0.3 is 0 Å². The summed E-state index contributed by atoms with van der Waals surface area (Å²) in [6, 6.07) is 0. The van der Waals surface area contributed by atoms with Crippen molar-refractivity contribution in [2.45, 2.75) is 6.92 Å². The second kappa shape index (κ2) is 4.22. The molecule has 2 aromatic rings. The van der Waals surface area contributed by atoms with E-state index in [0.29, 0.717) is 11.2 Å². The highest BCUT2D eigenvalue weighted by Gasteiger charge is 2.01. The Kier molecular flexibility index (Phi) is 3.01. The summed E-state index contributed by atoms with van der Waals surface area (Å²) in [6.45, 7) is 1.08. The molecule has 0 fully saturated rings. The number of carboxylic acid groups (broad SMARTS) is 1. The minimum Gasteiger partial charge on any atom is -0.481 e. The number of aromatic nitrogens is 4. The number of aromatic amines is 2. The Hall–Kier alpha value is -2.38. The molecule has 0 aliphatic heterocycles. The Morgan fingerprint density at radius 1 is 1.60 bits per heavy atom. The third-order valence-corrected chi connectivity index (χ3v) is 1.31. The minimum absolute atomic E-state index is 0.0783. The molecule has 0 aliphatic rings. The van der Waals surface area contributed by atoms with E-state index in [1.807, 2.05) is 0 Å². The average molecular weight is 211 g/mol. The van der Waals surface area contributed by atoms with Gasteiger partial charge in [0.05, 0.1) is 6.33 Å². The second-order valence-electron chi connectivity index (χ2n) is 2.57. The van der Waals surface area contributed by atoms with Crippen LogP contribution in [0.5, 0.6) is 0 Å². The lowest BCUT2D eigenvalue weighted by molar-refractivity contribution is -0.134. The highest BCUT2D eigenvalue weighted by Crippen LogP contribution is 1.98. The van der Waals surface area contributed by atoms with E-state index in [0.717, 1.165) is 6.92 Å². The summed E-state index contributed by atoms with van der Waals surface area (Å²) in [5.74, 6) is -0.755. The number of imidazole rings is 1. The number of nitrogens with zero attached hydrogens (tertiary/aromatic N) is 2. The van der Waals surface area contributed by atoms with Gasteiger partial charge in [-0.2, -0.15) is 4.98 Å². The maximum atomic E-state index is 11.0. The molecule has 0 aromatic carbocycles. The van der Waals surface area contributed by atoms with Gasteiger partial charge in [0.25, 0.3) is 11.5 Å². The quantitative estimate of drug-likeness (QED) is 0.455. The number of hydrogen-bond acceptors (Lipinski definition) is 5. The van der Waals surface area contributed by atoms with Gasteiger partial charge in [-0.3, -0.25) is 14.6 Å². The SMILES string of the molecule is CC(=O)O.Nc1nc2nc[nH]c2c(=O)[nH]1. The van der Waals surface area contributed by atoms with E-state index < -0.39 is 5.97 Å². The Morgan fingerprint density at radius 3 is 2.80 bits per heavy atom. The van der Waals surface area contributed by atoms with E-state index in [1.165, 1.54) is 6.33 Å². The molecule has 8 nitrogen and oxygen atoms in total. The smallest absolute Gasteiger partial charge is 0.300 e. The number of anilines is 1. The number of rotatable bonds is 0. The third-order valence-electron chi connectivity index (χ3n) is 1.31. The summed E-state index contributed by atoms with van der Waals surface area (Å²) in [5.41, 5.74) is 5.65. The largest absolute Gasteiger partial charge is 0.481 e. The van der Waals surface area contributed by atoms with Gasteiger partial charge in [0.15, 0.2) is 11.2 Å². The molecule has 8 heteroatoms. The first-order chi connectivity index (χ1) is 7.00. The van der Waals surface area contributed by atoms with E-state index in [9.17, 15) is 4.79 Å². The van der Waals surface area contributed by atoms with Crippen molar-refractivity contribution in [3.63, 3.8) is 0 Å². The van der Waals surface area contributed by atoms with Crippen molar-refractivity contribution in [2.24, 2.45) is 0 Å². The van der Waals surface area contributed by atoms with Crippen LogP contribution in [0.3, 0.4) is 0 Å². The molecule has 0 saturated heterocycles. The molecule has 80 valence electrons. The first kappa shape index (κ1) is 10.7. The van der Waals surface area contributed by atoms with Gasteiger partial charge in [-0.05, 0) is 0 Å². The predicted molar refractivity (Wildman–Crippen MR) is 52.2 cm³/mol. The molecular formula is C7H9N5O3. The molecule has 0 spiro atoms. The highest BCUT2D eigenvalue weighted by atomic mass is 16.4. The van der Waals surface area contributed by atoms with Gasteiger partial charge in [0.1, 0.15) is 0 Å². The lowest BCUT2D eigenvalue weighted by Crippen LogP contribution is -2.10. The van der Waals surface area contributed by atoms with Crippen LogP contribution in [-0.2, 0) is 4.79 Å². The monoisotopic (exact) mass is 211 g/mol. The van der Waals surface area contributed by atoms with E-state index in [2.05, 4.69) is 19.9 Å². The number of fused-ring (bicyclic) bond motifs is 1. The molecular weight excluding hydrogens is 202 g/mol. The molecule has 0 amide bonds. The number of H-pyrrole nitrogens is 2. The maximum Gasteiger partial charge on any atom is 0.300 e. The van der Waals surface area contributed by atoms with Crippen molar-refractivity contribution in [1.82, 2.24) is 19.9 Å². The van der Waals surface area contributed by atoms with E-state index in [-0.39, 0.29) is 11.5 Å². The fourth-order valence-electron chi connectivity index (χ4n) is 0.860. The molecule has 0 aliphatic carbocycles. The van der Waals surface area contributed by atoms with Gasteiger partial charge < -0.3 is 15.8 Å². The minimum atomic E-state index is -0.833. The fraction of sp³-hybridized carbons (Fsp3) is 0.143. The van der Waals surface area contributed by atoms with E-state index in [4.69, 9.17) is 15.6 Å². The zero-order chi connectivity index (χ0) is 11.4. The van der Waals surface area contributed by atoms with Crippen LogP contribution in [-0.4, -0.2) is 31.0 Å². The second-order valence-corrected chi connectivity index (χ2v) is 2.57. The first-order valence-electron chi connectivity index (χ1n) is 3.89. The molecule has 0 unspecified atom stereocenters. The predicted octanol–water partition coefficient (Wildman–Crippen LogP) is -0.681. The van der Waals surface area contributed by atoms with Crippen LogP contribution in [0.15, 0.2) is 11.1 Å². The zero-order valence-corrected chi connectivity index (χ0v) is 7.81.